The molecule has 0 fully saturated rings. The van der Waals surface area contributed by atoms with Crippen molar-refractivity contribution in [3.8, 4) is 0 Å². The van der Waals surface area contributed by atoms with Crippen molar-refractivity contribution < 1.29 is 9.50 Å². The number of benzene rings is 1. The highest BCUT2D eigenvalue weighted by Gasteiger charge is 2.10. The van der Waals surface area contributed by atoms with Crippen molar-refractivity contribution in [3.05, 3.63) is 48.0 Å². The Hall–Kier alpha value is -1.33. The van der Waals surface area contributed by atoms with Crippen LogP contribution in [0.15, 0.2) is 41.4 Å². The van der Waals surface area contributed by atoms with Crippen molar-refractivity contribution >= 4 is 11.8 Å². The maximum atomic E-state index is 12.7. The van der Waals surface area contributed by atoms with Gasteiger partial charge in [0.05, 0.1) is 5.69 Å². The predicted octanol–water partition coefficient (Wildman–Crippen LogP) is 2.38. The summed E-state index contributed by atoms with van der Waals surface area (Å²) in [5.74, 6) is 0.252. The molecule has 1 atom stereocenters. The van der Waals surface area contributed by atoms with E-state index in [1.165, 1.54) is 23.9 Å². The molecule has 0 aliphatic rings. The van der Waals surface area contributed by atoms with E-state index in [2.05, 4.69) is 5.10 Å². The van der Waals surface area contributed by atoms with Crippen LogP contribution < -0.4 is 0 Å². The number of aryl methyl sites for hydroxylation is 1. The second-order valence-corrected chi connectivity index (χ2v) is 4.79. The van der Waals surface area contributed by atoms with Gasteiger partial charge in [0.15, 0.2) is 0 Å². The number of hydrogen-bond donors (Lipinski definition) is 1. The number of hydrogen-bond acceptors (Lipinski definition) is 3. The van der Waals surface area contributed by atoms with Gasteiger partial charge < -0.3 is 5.11 Å². The molecule has 0 aliphatic carbocycles. The quantitative estimate of drug-likeness (QED) is 0.849. The largest absolute Gasteiger partial charge is 0.386 e. The summed E-state index contributed by atoms with van der Waals surface area (Å²) in [6, 6.07) is 8.01. The van der Waals surface area contributed by atoms with Gasteiger partial charge in [-0.25, -0.2) is 4.39 Å². The Morgan fingerprint density at radius 3 is 2.65 bits per heavy atom. The lowest BCUT2D eigenvalue weighted by Gasteiger charge is -2.07. The Morgan fingerprint density at radius 2 is 2.06 bits per heavy atom. The summed E-state index contributed by atoms with van der Waals surface area (Å²) in [7, 11) is 1.81. The molecule has 1 unspecified atom stereocenters. The molecule has 2 aromatic rings. The summed E-state index contributed by atoms with van der Waals surface area (Å²) in [5, 5.41) is 14.0. The van der Waals surface area contributed by atoms with Gasteiger partial charge in [-0.15, -0.1) is 11.8 Å². The SMILES string of the molecule is Cn1ccc(C(O)CSc2ccc(F)cc2)n1. The van der Waals surface area contributed by atoms with Gasteiger partial charge in [0.25, 0.3) is 0 Å². The molecule has 0 bridgehead atoms. The highest BCUT2D eigenvalue weighted by molar-refractivity contribution is 7.99. The normalized spacial score (nSPS) is 12.6. The topological polar surface area (TPSA) is 38.0 Å². The molecule has 1 heterocycles. The van der Waals surface area contributed by atoms with E-state index in [9.17, 15) is 9.50 Å². The number of aromatic nitrogens is 2. The molecule has 0 saturated carbocycles. The Kier molecular flexibility index (Phi) is 3.81. The lowest BCUT2D eigenvalue weighted by molar-refractivity contribution is 0.198. The van der Waals surface area contributed by atoms with Crippen LogP contribution in [-0.4, -0.2) is 20.6 Å². The monoisotopic (exact) mass is 252 g/mol. The van der Waals surface area contributed by atoms with E-state index >= 15 is 0 Å². The molecule has 3 nitrogen and oxygen atoms in total. The first-order chi connectivity index (χ1) is 8.15. The second-order valence-electron chi connectivity index (χ2n) is 3.69. The third kappa shape index (κ3) is 3.31. The fraction of sp³-hybridized carbons (Fsp3) is 0.250. The summed E-state index contributed by atoms with van der Waals surface area (Å²) in [5.41, 5.74) is 0.655. The fourth-order valence-corrected chi connectivity index (χ4v) is 2.25. The van der Waals surface area contributed by atoms with Gasteiger partial charge in [0.1, 0.15) is 11.9 Å². The van der Waals surface area contributed by atoms with Crippen molar-refractivity contribution in [2.45, 2.75) is 11.0 Å². The van der Waals surface area contributed by atoms with Crippen LogP contribution in [-0.2, 0) is 7.05 Å². The lowest BCUT2D eigenvalue weighted by Crippen LogP contribution is -2.02. The molecule has 1 aromatic heterocycles. The number of aliphatic hydroxyl groups is 1. The van der Waals surface area contributed by atoms with E-state index in [-0.39, 0.29) is 5.82 Å². The smallest absolute Gasteiger partial charge is 0.123 e. The molecule has 0 spiro atoms. The molecule has 0 saturated heterocycles. The second kappa shape index (κ2) is 5.33. The minimum Gasteiger partial charge on any atom is -0.386 e. The van der Waals surface area contributed by atoms with E-state index in [0.717, 1.165) is 4.90 Å². The van der Waals surface area contributed by atoms with E-state index in [0.29, 0.717) is 11.4 Å². The van der Waals surface area contributed by atoms with Gasteiger partial charge in [-0.2, -0.15) is 5.10 Å². The van der Waals surface area contributed by atoms with Crippen LogP contribution in [0.3, 0.4) is 0 Å². The van der Waals surface area contributed by atoms with Gasteiger partial charge in [0, 0.05) is 23.9 Å². The Balaban J connectivity index is 1.92. The summed E-state index contributed by atoms with van der Waals surface area (Å²) < 4.78 is 14.3. The van der Waals surface area contributed by atoms with Gasteiger partial charge in [-0.3, -0.25) is 4.68 Å². The van der Waals surface area contributed by atoms with E-state index in [1.54, 1.807) is 29.1 Å². The molecule has 0 aliphatic heterocycles. The average molecular weight is 252 g/mol. The minimum atomic E-state index is -0.605. The Morgan fingerprint density at radius 1 is 1.35 bits per heavy atom. The van der Waals surface area contributed by atoms with Crippen LogP contribution in [0.4, 0.5) is 4.39 Å². The zero-order valence-electron chi connectivity index (χ0n) is 9.38. The standard InChI is InChI=1S/C12H13FN2OS/c1-15-7-6-11(14-15)12(16)8-17-10-4-2-9(13)3-5-10/h2-7,12,16H,8H2,1H3. The maximum Gasteiger partial charge on any atom is 0.123 e. The molecule has 90 valence electrons. The fourth-order valence-electron chi connectivity index (χ4n) is 1.40. The number of aliphatic hydroxyl groups excluding tert-OH is 1. The summed E-state index contributed by atoms with van der Waals surface area (Å²) in [4.78, 5) is 0.932. The van der Waals surface area contributed by atoms with Crippen LogP contribution in [0.1, 0.15) is 11.8 Å². The molecule has 1 N–H and O–H groups in total. The maximum absolute atomic E-state index is 12.7. The van der Waals surface area contributed by atoms with Gasteiger partial charge in [-0.1, -0.05) is 0 Å². The van der Waals surface area contributed by atoms with Gasteiger partial charge >= 0.3 is 0 Å². The van der Waals surface area contributed by atoms with E-state index in [1.807, 2.05) is 7.05 Å². The Labute approximate surface area is 103 Å². The third-order valence-electron chi connectivity index (χ3n) is 2.30. The number of nitrogens with zero attached hydrogens (tertiary/aromatic N) is 2. The Bertz CT molecular complexity index is 484. The highest BCUT2D eigenvalue weighted by atomic mass is 32.2. The first-order valence-corrected chi connectivity index (χ1v) is 6.19. The zero-order valence-corrected chi connectivity index (χ0v) is 10.2. The van der Waals surface area contributed by atoms with Gasteiger partial charge in [0.2, 0.25) is 0 Å². The first kappa shape index (κ1) is 12.1. The van der Waals surface area contributed by atoms with Crippen molar-refractivity contribution in [2.24, 2.45) is 7.05 Å². The molecule has 5 heteroatoms. The molecule has 0 radical (unpaired) electrons. The molecule has 1 aromatic carbocycles. The predicted molar refractivity (Wildman–Crippen MR) is 65.3 cm³/mol. The summed E-state index contributed by atoms with van der Waals surface area (Å²) in [6.07, 6.45) is 1.19. The summed E-state index contributed by atoms with van der Waals surface area (Å²) >= 11 is 1.48. The zero-order chi connectivity index (χ0) is 12.3. The van der Waals surface area contributed by atoms with Crippen LogP contribution in [0.5, 0.6) is 0 Å². The van der Waals surface area contributed by atoms with Crippen LogP contribution in [0, 0.1) is 5.82 Å². The van der Waals surface area contributed by atoms with Crippen molar-refractivity contribution in [1.82, 2.24) is 9.78 Å². The average Bonchev–Trinajstić information content (AvgIpc) is 2.75. The minimum absolute atomic E-state index is 0.250. The van der Waals surface area contributed by atoms with E-state index < -0.39 is 6.10 Å². The summed E-state index contributed by atoms with van der Waals surface area (Å²) in [6.45, 7) is 0. The molecular weight excluding hydrogens is 239 g/mol. The van der Waals surface area contributed by atoms with Crippen molar-refractivity contribution in [1.29, 1.82) is 0 Å². The third-order valence-corrected chi connectivity index (χ3v) is 3.39. The highest BCUT2D eigenvalue weighted by Crippen LogP contribution is 2.23. The lowest BCUT2D eigenvalue weighted by atomic mass is 10.3. The van der Waals surface area contributed by atoms with E-state index in [4.69, 9.17) is 0 Å². The van der Waals surface area contributed by atoms with Crippen molar-refractivity contribution in [3.63, 3.8) is 0 Å². The molecular formula is C12H13FN2OS. The number of halogens is 1. The van der Waals surface area contributed by atoms with Gasteiger partial charge in [-0.05, 0) is 30.3 Å². The number of thioether (sulfide) groups is 1. The van der Waals surface area contributed by atoms with Crippen LogP contribution >= 0.6 is 11.8 Å². The first-order valence-electron chi connectivity index (χ1n) is 5.21. The van der Waals surface area contributed by atoms with Crippen LogP contribution in [0.25, 0.3) is 0 Å². The molecule has 17 heavy (non-hydrogen) atoms. The van der Waals surface area contributed by atoms with Crippen LogP contribution in [0.2, 0.25) is 0 Å². The van der Waals surface area contributed by atoms with Crippen molar-refractivity contribution in [2.75, 3.05) is 5.75 Å². The molecule has 2 rings (SSSR count). The molecule has 0 amide bonds. The number of rotatable bonds is 4.